The lowest BCUT2D eigenvalue weighted by atomic mass is 9.72. The number of ether oxygens (including phenoxy) is 1. The van der Waals surface area contributed by atoms with Crippen molar-refractivity contribution in [3.8, 4) is 0 Å². The minimum atomic E-state index is 0.133. The molecule has 1 N–H and O–H groups in total. The zero-order valence-corrected chi connectivity index (χ0v) is 18.4. The van der Waals surface area contributed by atoms with Gasteiger partial charge in [-0.25, -0.2) is 4.79 Å². The first-order chi connectivity index (χ1) is 14.0. The van der Waals surface area contributed by atoms with Gasteiger partial charge in [-0.2, -0.15) is 0 Å². The highest BCUT2D eigenvalue weighted by Crippen LogP contribution is 2.44. The van der Waals surface area contributed by atoms with E-state index in [9.17, 15) is 4.79 Å². The Labute approximate surface area is 175 Å². The van der Waals surface area contributed by atoms with E-state index in [1.807, 2.05) is 4.90 Å². The molecule has 1 spiro atoms. The molecular weight excluding hydrogens is 362 g/mol. The third-order valence-electron chi connectivity index (χ3n) is 7.49. The number of rotatable bonds is 4. The molecule has 4 rings (SSSR count). The molecule has 3 heterocycles. The lowest BCUT2D eigenvalue weighted by Crippen LogP contribution is -2.45. The summed E-state index contributed by atoms with van der Waals surface area (Å²) in [5.74, 6) is 0.504. The van der Waals surface area contributed by atoms with E-state index < -0.39 is 0 Å². The molecule has 29 heavy (non-hydrogen) atoms. The molecule has 160 valence electrons. The van der Waals surface area contributed by atoms with Gasteiger partial charge in [-0.05, 0) is 74.5 Å². The van der Waals surface area contributed by atoms with Gasteiger partial charge in [-0.3, -0.25) is 4.90 Å². The van der Waals surface area contributed by atoms with Crippen LogP contribution in [0.15, 0.2) is 12.1 Å². The Kier molecular flexibility index (Phi) is 6.16. The van der Waals surface area contributed by atoms with Crippen molar-refractivity contribution >= 4 is 6.03 Å². The molecule has 0 aromatic heterocycles. The van der Waals surface area contributed by atoms with Crippen LogP contribution in [0.1, 0.15) is 47.9 Å². The molecule has 1 aromatic rings. The van der Waals surface area contributed by atoms with Crippen LogP contribution in [0.3, 0.4) is 0 Å². The van der Waals surface area contributed by atoms with Gasteiger partial charge in [0.1, 0.15) is 0 Å². The predicted molar refractivity (Wildman–Crippen MR) is 116 cm³/mol. The standard InChI is InChI=1S/C24H37N3O2/c1-18-12-19(2)22(20(3)13-18)16-26-15-21(24(17-26)6-10-29-11-7-24)14-25-23(28)27-8-4-5-9-27/h12-13,21H,4-11,14-17H2,1-3H3,(H,25,28). The van der Waals surface area contributed by atoms with Crippen LogP contribution >= 0.6 is 0 Å². The maximum absolute atomic E-state index is 12.5. The molecule has 2 amide bonds. The number of amides is 2. The molecular formula is C24H37N3O2. The van der Waals surface area contributed by atoms with Crippen molar-refractivity contribution in [3.63, 3.8) is 0 Å². The van der Waals surface area contributed by atoms with Gasteiger partial charge in [0, 0.05) is 52.5 Å². The smallest absolute Gasteiger partial charge is 0.317 e. The van der Waals surface area contributed by atoms with Crippen LogP contribution in [-0.4, -0.2) is 61.8 Å². The summed E-state index contributed by atoms with van der Waals surface area (Å²) in [6, 6.07) is 4.74. The van der Waals surface area contributed by atoms with Crippen LogP contribution in [0, 0.1) is 32.1 Å². The van der Waals surface area contributed by atoms with Crippen molar-refractivity contribution < 1.29 is 9.53 Å². The van der Waals surface area contributed by atoms with E-state index in [-0.39, 0.29) is 11.4 Å². The van der Waals surface area contributed by atoms with Crippen LogP contribution in [0.25, 0.3) is 0 Å². The quantitative estimate of drug-likeness (QED) is 0.841. The molecule has 0 saturated carbocycles. The molecule has 3 saturated heterocycles. The van der Waals surface area contributed by atoms with Gasteiger partial charge in [-0.1, -0.05) is 17.7 Å². The number of hydrogen-bond acceptors (Lipinski definition) is 3. The Morgan fingerprint density at radius 1 is 1.14 bits per heavy atom. The number of nitrogens with one attached hydrogen (secondary N) is 1. The molecule has 5 nitrogen and oxygen atoms in total. The van der Waals surface area contributed by atoms with Gasteiger partial charge < -0.3 is 15.0 Å². The number of likely N-dealkylation sites (tertiary alicyclic amines) is 2. The number of carbonyl (C=O) groups is 1. The largest absolute Gasteiger partial charge is 0.381 e. The molecule has 1 unspecified atom stereocenters. The molecule has 1 atom stereocenters. The van der Waals surface area contributed by atoms with E-state index in [4.69, 9.17) is 4.74 Å². The molecule has 3 fully saturated rings. The second-order valence-electron chi connectivity index (χ2n) is 9.60. The number of urea groups is 1. The first-order valence-electron chi connectivity index (χ1n) is 11.4. The van der Waals surface area contributed by atoms with Crippen LogP contribution < -0.4 is 5.32 Å². The Hall–Kier alpha value is -1.59. The molecule has 0 bridgehead atoms. The van der Waals surface area contributed by atoms with Gasteiger partial charge in [0.05, 0.1) is 0 Å². The molecule has 3 aliphatic rings. The average molecular weight is 400 g/mol. The summed E-state index contributed by atoms with van der Waals surface area (Å²) in [4.78, 5) is 17.1. The topological polar surface area (TPSA) is 44.8 Å². The van der Waals surface area contributed by atoms with E-state index in [1.165, 1.54) is 22.3 Å². The van der Waals surface area contributed by atoms with Crippen molar-refractivity contribution in [3.05, 3.63) is 34.4 Å². The number of aryl methyl sites for hydroxylation is 3. The van der Waals surface area contributed by atoms with Gasteiger partial charge in [0.2, 0.25) is 0 Å². The number of benzene rings is 1. The zero-order chi connectivity index (χ0) is 20.4. The molecule has 5 heteroatoms. The highest BCUT2D eigenvalue weighted by Gasteiger charge is 2.47. The summed E-state index contributed by atoms with van der Waals surface area (Å²) < 4.78 is 5.70. The van der Waals surface area contributed by atoms with E-state index in [2.05, 4.69) is 43.1 Å². The van der Waals surface area contributed by atoms with Crippen LogP contribution in [0.4, 0.5) is 4.79 Å². The van der Waals surface area contributed by atoms with Crippen molar-refractivity contribution in [1.29, 1.82) is 0 Å². The van der Waals surface area contributed by atoms with E-state index in [1.54, 1.807) is 0 Å². The predicted octanol–water partition coefficient (Wildman–Crippen LogP) is 3.65. The van der Waals surface area contributed by atoms with Crippen LogP contribution in [0.5, 0.6) is 0 Å². The number of hydrogen-bond donors (Lipinski definition) is 1. The Morgan fingerprint density at radius 3 is 2.45 bits per heavy atom. The van der Waals surface area contributed by atoms with Crippen molar-refractivity contribution in [2.75, 3.05) is 45.9 Å². The fraction of sp³-hybridized carbons (Fsp3) is 0.708. The van der Waals surface area contributed by atoms with E-state index >= 15 is 0 Å². The minimum Gasteiger partial charge on any atom is -0.381 e. The molecule has 0 radical (unpaired) electrons. The van der Waals surface area contributed by atoms with Gasteiger partial charge in [0.15, 0.2) is 0 Å². The normalized spacial score (nSPS) is 24.4. The van der Waals surface area contributed by atoms with E-state index in [0.29, 0.717) is 5.92 Å². The molecule has 3 aliphatic heterocycles. The monoisotopic (exact) mass is 399 g/mol. The maximum atomic E-state index is 12.5. The Balaban J connectivity index is 1.45. The summed E-state index contributed by atoms with van der Waals surface area (Å²) in [5, 5.41) is 3.27. The van der Waals surface area contributed by atoms with Crippen LogP contribution in [0.2, 0.25) is 0 Å². The van der Waals surface area contributed by atoms with Crippen molar-refractivity contribution in [2.45, 2.75) is 53.0 Å². The number of carbonyl (C=O) groups excluding carboxylic acids is 1. The number of nitrogens with zero attached hydrogens (tertiary/aromatic N) is 2. The van der Waals surface area contributed by atoms with E-state index in [0.717, 1.165) is 78.2 Å². The summed E-state index contributed by atoms with van der Waals surface area (Å²) >= 11 is 0. The second kappa shape index (κ2) is 8.65. The summed E-state index contributed by atoms with van der Waals surface area (Å²) in [6.07, 6.45) is 4.50. The Bertz CT molecular complexity index is 713. The zero-order valence-electron chi connectivity index (χ0n) is 18.4. The van der Waals surface area contributed by atoms with Gasteiger partial charge >= 0.3 is 6.03 Å². The summed E-state index contributed by atoms with van der Waals surface area (Å²) in [6.45, 7) is 14.2. The first-order valence-corrected chi connectivity index (χ1v) is 11.4. The fourth-order valence-electron chi connectivity index (χ4n) is 5.82. The Morgan fingerprint density at radius 2 is 1.79 bits per heavy atom. The fourth-order valence-corrected chi connectivity index (χ4v) is 5.82. The van der Waals surface area contributed by atoms with Gasteiger partial charge in [0.25, 0.3) is 0 Å². The first kappa shape index (κ1) is 20.7. The third kappa shape index (κ3) is 4.46. The SMILES string of the molecule is Cc1cc(C)c(CN2CC(CNC(=O)N3CCCC3)C3(CCOCC3)C2)c(C)c1. The maximum Gasteiger partial charge on any atom is 0.317 e. The summed E-state index contributed by atoms with van der Waals surface area (Å²) in [7, 11) is 0. The third-order valence-corrected chi connectivity index (χ3v) is 7.49. The van der Waals surface area contributed by atoms with Crippen LogP contribution in [-0.2, 0) is 11.3 Å². The highest BCUT2D eigenvalue weighted by atomic mass is 16.5. The second-order valence-corrected chi connectivity index (χ2v) is 9.60. The van der Waals surface area contributed by atoms with Crippen molar-refractivity contribution in [2.24, 2.45) is 11.3 Å². The summed E-state index contributed by atoms with van der Waals surface area (Å²) in [5.41, 5.74) is 5.89. The lowest BCUT2D eigenvalue weighted by Gasteiger charge is -2.38. The lowest BCUT2D eigenvalue weighted by molar-refractivity contribution is -0.0000898. The average Bonchev–Trinajstić information content (AvgIpc) is 3.32. The highest BCUT2D eigenvalue weighted by molar-refractivity contribution is 5.74. The van der Waals surface area contributed by atoms with Gasteiger partial charge in [-0.15, -0.1) is 0 Å². The van der Waals surface area contributed by atoms with Crippen molar-refractivity contribution in [1.82, 2.24) is 15.1 Å². The minimum absolute atomic E-state index is 0.133. The molecule has 1 aromatic carbocycles. The molecule has 0 aliphatic carbocycles.